The van der Waals surface area contributed by atoms with E-state index >= 15 is 0 Å². The molecule has 0 radical (unpaired) electrons. The second kappa shape index (κ2) is 7.94. The molecule has 1 aliphatic heterocycles. The predicted octanol–water partition coefficient (Wildman–Crippen LogP) is 1.83. The maximum absolute atomic E-state index is 12.5. The predicted molar refractivity (Wildman–Crippen MR) is 108 cm³/mol. The van der Waals surface area contributed by atoms with Gasteiger partial charge in [-0.3, -0.25) is 9.78 Å². The van der Waals surface area contributed by atoms with Gasteiger partial charge in [-0.1, -0.05) is 0 Å². The minimum atomic E-state index is 0.0465. The average molecular weight is 396 g/mol. The molecule has 1 fully saturated rings. The monoisotopic (exact) mass is 396 g/mol. The number of piperidine rings is 1. The lowest BCUT2D eigenvalue weighted by Crippen LogP contribution is -2.40. The van der Waals surface area contributed by atoms with Gasteiger partial charge in [0, 0.05) is 30.5 Å². The van der Waals surface area contributed by atoms with E-state index in [1.807, 2.05) is 23.1 Å². The van der Waals surface area contributed by atoms with E-state index in [0.29, 0.717) is 30.3 Å². The third-order valence-electron chi connectivity index (χ3n) is 5.38. The fourth-order valence-electron chi connectivity index (χ4n) is 3.81. The van der Waals surface area contributed by atoms with Crippen LogP contribution in [-0.2, 0) is 11.3 Å². The number of fused-ring (bicyclic) bond motifs is 1. The molecule has 0 atom stereocenters. The van der Waals surface area contributed by atoms with Crippen molar-refractivity contribution in [3.8, 4) is 11.5 Å². The van der Waals surface area contributed by atoms with Gasteiger partial charge in [0.15, 0.2) is 11.5 Å². The van der Waals surface area contributed by atoms with Gasteiger partial charge in [-0.2, -0.15) is 5.10 Å². The second-order valence-electron chi connectivity index (χ2n) is 7.11. The minimum Gasteiger partial charge on any atom is -0.493 e. The van der Waals surface area contributed by atoms with Crippen molar-refractivity contribution in [2.75, 3.05) is 33.0 Å². The summed E-state index contributed by atoms with van der Waals surface area (Å²) in [5, 5.41) is 4.90. The number of likely N-dealkylation sites (tertiary alicyclic amines) is 1. The van der Waals surface area contributed by atoms with Crippen molar-refractivity contribution >= 4 is 22.5 Å². The number of nitrogens with zero attached hydrogens (tertiary/aromatic N) is 5. The van der Waals surface area contributed by atoms with Gasteiger partial charge < -0.3 is 20.1 Å². The largest absolute Gasteiger partial charge is 0.493 e. The summed E-state index contributed by atoms with van der Waals surface area (Å²) in [6, 6.07) is 5.68. The quantitative estimate of drug-likeness (QED) is 0.701. The summed E-state index contributed by atoms with van der Waals surface area (Å²) in [5.41, 5.74) is 8.69. The number of amides is 1. The van der Waals surface area contributed by atoms with E-state index in [4.69, 9.17) is 20.2 Å². The molecular weight excluding hydrogens is 372 g/mol. The van der Waals surface area contributed by atoms with Gasteiger partial charge in [-0.25, -0.2) is 9.67 Å². The van der Waals surface area contributed by atoms with Gasteiger partial charge in [-0.05, 0) is 25.0 Å². The average Bonchev–Trinajstić information content (AvgIpc) is 3.25. The van der Waals surface area contributed by atoms with Gasteiger partial charge in [0.1, 0.15) is 19.2 Å². The van der Waals surface area contributed by atoms with Crippen molar-refractivity contribution in [3.05, 3.63) is 36.5 Å². The van der Waals surface area contributed by atoms with Gasteiger partial charge >= 0.3 is 0 Å². The van der Waals surface area contributed by atoms with Crippen LogP contribution in [-0.4, -0.2) is 57.9 Å². The zero-order valence-corrected chi connectivity index (χ0v) is 16.5. The Morgan fingerprint density at radius 3 is 2.55 bits per heavy atom. The number of nitrogens with two attached hydrogens (primary N) is 1. The highest BCUT2D eigenvalue weighted by molar-refractivity contribution is 5.86. The molecule has 1 amide bonds. The SMILES string of the molecule is COc1cc2cc(N)c(C3CCN(C(=O)Cn4cncn4)CC3)nc2cc1OC. The Bertz CT molecular complexity index is 1010. The summed E-state index contributed by atoms with van der Waals surface area (Å²) in [6.45, 7) is 1.55. The second-order valence-corrected chi connectivity index (χ2v) is 7.11. The number of rotatable bonds is 5. The zero-order valence-electron chi connectivity index (χ0n) is 16.5. The number of benzene rings is 1. The van der Waals surface area contributed by atoms with Crippen LogP contribution in [0.15, 0.2) is 30.9 Å². The summed E-state index contributed by atoms with van der Waals surface area (Å²) < 4.78 is 12.3. The molecule has 0 bridgehead atoms. The topological polar surface area (TPSA) is 108 Å². The summed E-state index contributed by atoms with van der Waals surface area (Å²) >= 11 is 0. The Hall–Kier alpha value is -3.36. The van der Waals surface area contributed by atoms with E-state index in [-0.39, 0.29) is 18.4 Å². The Morgan fingerprint density at radius 1 is 1.17 bits per heavy atom. The van der Waals surface area contributed by atoms with Gasteiger partial charge in [0.25, 0.3) is 0 Å². The normalized spacial score (nSPS) is 14.9. The molecule has 1 aromatic carbocycles. The molecule has 3 aromatic rings. The van der Waals surface area contributed by atoms with Crippen LogP contribution in [0.1, 0.15) is 24.5 Å². The molecule has 152 valence electrons. The van der Waals surface area contributed by atoms with Crippen molar-refractivity contribution in [1.82, 2.24) is 24.6 Å². The molecule has 4 rings (SSSR count). The standard InChI is InChI=1S/C20H24N6O3/c1-28-17-8-14-7-15(21)20(24-16(14)9-18(17)29-2)13-3-5-25(6-4-13)19(27)10-26-12-22-11-23-26/h7-9,11-13H,3-6,10,21H2,1-2H3. The number of methoxy groups -OCH3 is 2. The third-order valence-corrected chi connectivity index (χ3v) is 5.38. The first-order valence-corrected chi connectivity index (χ1v) is 9.51. The van der Waals surface area contributed by atoms with E-state index in [1.165, 1.54) is 6.33 Å². The molecule has 2 aromatic heterocycles. The molecule has 0 unspecified atom stereocenters. The fraction of sp³-hybridized carbons (Fsp3) is 0.400. The molecule has 1 saturated heterocycles. The zero-order chi connectivity index (χ0) is 20.4. The number of ether oxygens (including phenoxy) is 2. The molecule has 0 spiro atoms. The van der Waals surface area contributed by atoms with Crippen LogP contribution in [0.2, 0.25) is 0 Å². The molecule has 0 aliphatic carbocycles. The molecule has 0 saturated carbocycles. The summed E-state index contributed by atoms with van der Waals surface area (Å²) in [6.07, 6.45) is 4.62. The molecular formula is C20H24N6O3. The highest BCUT2D eigenvalue weighted by atomic mass is 16.5. The highest BCUT2D eigenvalue weighted by Gasteiger charge is 2.26. The Morgan fingerprint density at radius 2 is 1.90 bits per heavy atom. The van der Waals surface area contributed by atoms with Crippen LogP contribution in [0.25, 0.3) is 10.9 Å². The maximum atomic E-state index is 12.5. The molecule has 2 N–H and O–H groups in total. The summed E-state index contributed by atoms with van der Waals surface area (Å²) in [4.78, 5) is 23.0. The molecule has 29 heavy (non-hydrogen) atoms. The minimum absolute atomic E-state index is 0.0465. The van der Waals surface area contributed by atoms with E-state index in [1.54, 1.807) is 25.2 Å². The number of pyridine rings is 1. The van der Waals surface area contributed by atoms with Gasteiger partial charge in [0.2, 0.25) is 5.91 Å². The van der Waals surface area contributed by atoms with E-state index in [0.717, 1.165) is 29.4 Å². The number of anilines is 1. The fourth-order valence-corrected chi connectivity index (χ4v) is 3.81. The molecule has 1 aliphatic rings. The van der Waals surface area contributed by atoms with Crippen LogP contribution in [0, 0.1) is 0 Å². The van der Waals surface area contributed by atoms with Gasteiger partial charge in [-0.15, -0.1) is 0 Å². The van der Waals surface area contributed by atoms with Crippen molar-refractivity contribution in [2.24, 2.45) is 0 Å². The van der Waals surface area contributed by atoms with E-state index in [2.05, 4.69) is 10.1 Å². The van der Waals surface area contributed by atoms with Gasteiger partial charge in [0.05, 0.1) is 31.1 Å². The van der Waals surface area contributed by atoms with Crippen LogP contribution < -0.4 is 15.2 Å². The molecule has 3 heterocycles. The highest BCUT2D eigenvalue weighted by Crippen LogP contribution is 2.36. The lowest BCUT2D eigenvalue weighted by atomic mass is 9.91. The first-order chi connectivity index (χ1) is 14.1. The first kappa shape index (κ1) is 19.0. The number of aromatic nitrogens is 4. The Labute approximate surface area is 168 Å². The van der Waals surface area contributed by atoms with Crippen LogP contribution in [0.4, 0.5) is 5.69 Å². The van der Waals surface area contributed by atoms with Crippen molar-refractivity contribution in [3.63, 3.8) is 0 Å². The summed E-state index contributed by atoms with van der Waals surface area (Å²) in [5.74, 6) is 1.54. The third kappa shape index (κ3) is 3.80. The van der Waals surface area contributed by atoms with E-state index < -0.39 is 0 Å². The Balaban J connectivity index is 1.50. The van der Waals surface area contributed by atoms with Crippen LogP contribution >= 0.6 is 0 Å². The molecule has 9 nitrogen and oxygen atoms in total. The smallest absolute Gasteiger partial charge is 0.244 e. The van der Waals surface area contributed by atoms with Crippen LogP contribution in [0.3, 0.4) is 0 Å². The summed E-state index contributed by atoms with van der Waals surface area (Å²) in [7, 11) is 3.21. The first-order valence-electron chi connectivity index (χ1n) is 9.51. The van der Waals surface area contributed by atoms with Crippen molar-refractivity contribution < 1.29 is 14.3 Å². The number of nitrogen functional groups attached to an aromatic ring is 1. The number of carbonyl (C=O) groups is 1. The van der Waals surface area contributed by atoms with E-state index in [9.17, 15) is 4.79 Å². The molecule has 9 heteroatoms. The Kier molecular flexibility index (Phi) is 5.20. The lowest BCUT2D eigenvalue weighted by Gasteiger charge is -2.32. The van der Waals surface area contributed by atoms with Crippen molar-refractivity contribution in [2.45, 2.75) is 25.3 Å². The number of hydrogen-bond donors (Lipinski definition) is 1. The number of carbonyl (C=O) groups excluding carboxylic acids is 1. The maximum Gasteiger partial charge on any atom is 0.244 e. The number of hydrogen-bond acceptors (Lipinski definition) is 7. The lowest BCUT2D eigenvalue weighted by molar-refractivity contribution is -0.133. The van der Waals surface area contributed by atoms with Crippen LogP contribution in [0.5, 0.6) is 11.5 Å². The van der Waals surface area contributed by atoms with Crippen molar-refractivity contribution in [1.29, 1.82) is 0 Å².